The molecule has 202 valence electrons. The van der Waals surface area contributed by atoms with Crippen molar-refractivity contribution >= 4 is 46.1 Å². The fourth-order valence-corrected chi connectivity index (χ4v) is 5.09. The van der Waals surface area contributed by atoms with E-state index in [9.17, 15) is 19.1 Å². The van der Waals surface area contributed by atoms with Crippen molar-refractivity contribution in [2.24, 2.45) is 0 Å². The lowest BCUT2D eigenvalue weighted by Crippen LogP contribution is -2.28. The number of carbonyl (C=O) groups excluding carboxylic acids is 1. The molecule has 0 aliphatic rings. The van der Waals surface area contributed by atoms with Gasteiger partial charge in [0.1, 0.15) is 11.6 Å². The van der Waals surface area contributed by atoms with Crippen molar-refractivity contribution in [3.05, 3.63) is 106 Å². The second-order valence-corrected chi connectivity index (χ2v) is 10.0. The number of halogens is 3. The standard InChI is InChI=1S/C30H23Cl2FN4O3/c1-2-4-24(16-9-11-34-12-10-16)37-29(38)17-7-8-18(20(13-17)30(39)40)27-19(5-3-6-21(27)31)28-35-25-14-22(32)23(33)15-26(25)36-28/h3,5-15,24H,2,4H2,1H3,(H,35,36)(H,37,38)(H,39,40)/t24-/m0/s1. The number of H-pyrrole nitrogens is 1. The minimum Gasteiger partial charge on any atom is -0.478 e. The Labute approximate surface area is 239 Å². The maximum absolute atomic E-state index is 14.0. The van der Waals surface area contributed by atoms with Crippen LogP contribution in [0.25, 0.3) is 33.5 Å². The van der Waals surface area contributed by atoms with E-state index in [4.69, 9.17) is 23.2 Å². The number of benzene rings is 3. The van der Waals surface area contributed by atoms with Gasteiger partial charge in [0.2, 0.25) is 0 Å². The molecule has 0 radical (unpaired) electrons. The van der Waals surface area contributed by atoms with Crippen LogP contribution in [0.15, 0.2) is 73.1 Å². The second kappa shape index (κ2) is 11.5. The summed E-state index contributed by atoms with van der Waals surface area (Å²) >= 11 is 12.5. The molecule has 10 heteroatoms. The van der Waals surface area contributed by atoms with E-state index in [1.165, 1.54) is 18.2 Å². The molecule has 7 nitrogen and oxygen atoms in total. The summed E-state index contributed by atoms with van der Waals surface area (Å²) in [6.45, 7) is 2.02. The van der Waals surface area contributed by atoms with Crippen molar-refractivity contribution in [2.75, 3.05) is 0 Å². The Kier molecular flexibility index (Phi) is 7.82. The number of aromatic amines is 1. The first-order valence-corrected chi connectivity index (χ1v) is 13.2. The first-order chi connectivity index (χ1) is 19.3. The summed E-state index contributed by atoms with van der Waals surface area (Å²) in [4.78, 5) is 37.3. The molecule has 2 heterocycles. The number of amides is 1. The summed E-state index contributed by atoms with van der Waals surface area (Å²) in [6, 6.07) is 15.6. The Morgan fingerprint density at radius 2 is 1.80 bits per heavy atom. The molecule has 0 spiro atoms. The number of hydrogen-bond acceptors (Lipinski definition) is 4. The number of carbonyl (C=O) groups is 2. The molecule has 1 atom stereocenters. The van der Waals surface area contributed by atoms with Crippen LogP contribution in [0.1, 0.15) is 52.1 Å². The number of carboxylic acid groups (broad SMARTS) is 1. The molecule has 0 unspecified atom stereocenters. The average Bonchev–Trinajstić information content (AvgIpc) is 3.35. The van der Waals surface area contributed by atoms with E-state index in [-0.39, 0.29) is 27.2 Å². The highest BCUT2D eigenvalue weighted by Crippen LogP contribution is 2.39. The number of hydrogen-bond donors (Lipinski definition) is 3. The number of aromatic carboxylic acids is 1. The average molecular weight is 577 g/mol. The van der Waals surface area contributed by atoms with E-state index < -0.39 is 17.7 Å². The molecule has 3 aromatic carbocycles. The lowest BCUT2D eigenvalue weighted by Gasteiger charge is -2.19. The molecule has 0 saturated carbocycles. The molecule has 5 rings (SSSR count). The zero-order valence-electron chi connectivity index (χ0n) is 21.2. The third-order valence-electron chi connectivity index (χ3n) is 6.57. The fourth-order valence-electron chi connectivity index (χ4n) is 4.66. The highest BCUT2D eigenvalue weighted by Gasteiger charge is 2.23. The van der Waals surface area contributed by atoms with Crippen LogP contribution in [0.4, 0.5) is 4.39 Å². The number of carboxylic acids is 1. The van der Waals surface area contributed by atoms with Crippen LogP contribution in [-0.4, -0.2) is 31.9 Å². The Bertz CT molecular complexity index is 1700. The van der Waals surface area contributed by atoms with Gasteiger partial charge in [-0.3, -0.25) is 9.78 Å². The van der Waals surface area contributed by atoms with Crippen LogP contribution in [0, 0.1) is 5.82 Å². The number of nitrogens with one attached hydrogen (secondary N) is 2. The fraction of sp³-hybridized carbons (Fsp3) is 0.133. The minimum absolute atomic E-state index is 0.0657. The molecule has 0 bridgehead atoms. The topological polar surface area (TPSA) is 108 Å². The quantitative estimate of drug-likeness (QED) is 0.175. The molecule has 0 fully saturated rings. The first kappa shape index (κ1) is 27.3. The molecular formula is C30H23Cl2FN4O3. The minimum atomic E-state index is -1.23. The van der Waals surface area contributed by atoms with Crippen LogP contribution in [0.5, 0.6) is 0 Å². The number of nitrogens with zero attached hydrogens (tertiary/aromatic N) is 2. The highest BCUT2D eigenvalue weighted by molar-refractivity contribution is 6.34. The summed E-state index contributed by atoms with van der Waals surface area (Å²) in [5.41, 5.74) is 3.06. The molecule has 5 aromatic rings. The Morgan fingerprint density at radius 3 is 2.52 bits per heavy atom. The summed E-state index contributed by atoms with van der Waals surface area (Å²) in [6.07, 6.45) is 4.86. The van der Waals surface area contributed by atoms with Gasteiger partial charge in [0, 0.05) is 40.2 Å². The molecule has 2 aromatic heterocycles. The number of aromatic nitrogens is 3. The second-order valence-electron chi connectivity index (χ2n) is 9.19. The number of rotatable bonds is 8. The molecule has 0 aliphatic carbocycles. The van der Waals surface area contributed by atoms with Crippen LogP contribution < -0.4 is 5.32 Å². The maximum atomic E-state index is 14.0. The molecular weight excluding hydrogens is 554 g/mol. The monoisotopic (exact) mass is 576 g/mol. The largest absolute Gasteiger partial charge is 0.478 e. The van der Waals surface area contributed by atoms with Gasteiger partial charge in [-0.2, -0.15) is 0 Å². The van der Waals surface area contributed by atoms with Crippen molar-refractivity contribution in [2.45, 2.75) is 25.8 Å². The number of pyridine rings is 1. The predicted molar refractivity (Wildman–Crippen MR) is 153 cm³/mol. The third-order valence-corrected chi connectivity index (χ3v) is 7.17. The highest BCUT2D eigenvalue weighted by atomic mass is 35.5. The molecule has 40 heavy (non-hydrogen) atoms. The van der Waals surface area contributed by atoms with Crippen LogP contribution >= 0.6 is 23.2 Å². The van der Waals surface area contributed by atoms with Crippen molar-refractivity contribution in [1.82, 2.24) is 20.3 Å². The first-order valence-electron chi connectivity index (χ1n) is 12.5. The van der Waals surface area contributed by atoms with E-state index in [0.717, 1.165) is 12.0 Å². The van der Waals surface area contributed by atoms with Crippen molar-refractivity contribution in [3.8, 4) is 22.5 Å². The van der Waals surface area contributed by atoms with Gasteiger partial charge in [0.25, 0.3) is 5.91 Å². The van der Waals surface area contributed by atoms with Gasteiger partial charge in [0.15, 0.2) is 0 Å². The maximum Gasteiger partial charge on any atom is 0.336 e. The van der Waals surface area contributed by atoms with Crippen molar-refractivity contribution in [1.29, 1.82) is 0 Å². The van der Waals surface area contributed by atoms with E-state index in [1.807, 2.05) is 19.1 Å². The lowest BCUT2D eigenvalue weighted by atomic mass is 9.93. The summed E-state index contributed by atoms with van der Waals surface area (Å²) in [5.74, 6) is -1.87. The van der Waals surface area contributed by atoms with Gasteiger partial charge < -0.3 is 15.4 Å². The van der Waals surface area contributed by atoms with E-state index in [2.05, 4.69) is 20.3 Å². The van der Waals surface area contributed by atoms with Crippen LogP contribution in [0.2, 0.25) is 10.0 Å². The summed E-state index contributed by atoms with van der Waals surface area (Å²) in [7, 11) is 0. The van der Waals surface area contributed by atoms with Gasteiger partial charge >= 0.3 is 5.97 Å². The predicted octanol–water partition coefficient (Wildman–Crippen LogP) is 7.71. The smallest absolute Gasteiger partial charge is 0.336 e. The zero-order chi connectivity index (χ0) is 28.4. The Morgan fingerprint density at radius 1 is 1.02 bits per heavy atom. The van der Waals surface area contributed by atoms with E-state index >= 15 is 0 Å². The van der Waals surface area contributed by atoms with Gasteiger partial charge in [-0.1, -0.05) is 54.7 Å². The van der Waals surface area contributed by atoms with E-state index in [1.54, 1.807) is 42.7 Å². The molecule has 3 N–H and O–H groups in total. The van der Waals surface area contributed by atoms with Crippen LogP contribution in [-0.2, 0) is 0 Å². The molecule has 1 amide bonds. The normalized spacial score (nSPS) is 11.9. The van der Waals surface area contributed by atoms with Crippen LogP contribution in [0.3, 0.4) is 0 Å². The zero-order valence-corrected chi connectivity index (χ0v) is 22.7. The van der Waals surface area contributed by atoms with Gasteiger partial charge in [-0.15, -0.1) is 0 Å². The van der Waals surface area contributed by atoms with Gasteiger partial charge in [-0.25, -0.2) is 14.2 Å². The Balaban J connectivity index is 1.56. The van der Waals surface area contributed by atoms with E-state index in [0.29, 0.717) is 40.0 Å². The summed E-state index contributed by atoms with van der Waals surface area (Å²) in [5, 5.41) is 13.4. The lowest BCUT2D eigenvalue weighted by molar-refractivity contribution is 0.0697. The van der Waals surface area contributed by atoms with Gasteiger partial charge in [-0.05, 0) is 53.9 Å². The molecule has 0 saturated heterocycles. The Hall–Kier alpha value is -4.27. The SMILES string of the molecule is CCC[C@H](NC(=O)c1ccc(-c2c(Cl)cccc2-c2nc3cc(Cl)c(F)cc3[nH]2)c(C(=O)O)c1)c1ccncc1. The van der Waals surface area contributed by atoms with Crippen molar-refractivity contribution < 1.29 is 19.1 Å². The third kappa shape index (κ3) is 5.41. The van der Waals surface area contributed by atoms with Crippen molar-refractivity contribution in [3.63, 3.8) is 0 Å². The molecule has 0 aliphatic heterocycles. The summed E-state index contributed by atoms with van der Waals surface area (Å²) < 4.78 is 14.0. The van der Waals surface area contributed by atoms with Gasteiger partial charge in [0.05, 0.1) is 27.7 Å². The number of fused-ring (bicyclic) bond motifs is 1. The number of imidazole rings is 1.